The van der Waals surface area contributed by atoms with Crippen LogP contribution in [0, 0.1) is 3.57 Å². The van der Waals surface area contributed by atoms with Crippen molar-refractivity contribution in [1.82, 2.24) is 4.90 Å². The number of phenols is 1. The van der Waals surface area contributed by atoms with Gasteiger partial charge in [-0.05, 0) is 87.9 Å². The minimum Gasteiger partial charge on any atom is -0.506 e. The number of ether oxygens (including phenoxy) is 1. The van der Waals surface area contributed by atoms with Crippen LogP contribution in [-0.4, -0.2) is 39.8 Å². The molecule has 0 spiro atoms. The van der Waals surface area contributed by atoms with Gasteiger partial charge in [0.2, 0.25) is 0 Å². The summed E-state index contributed by atoms with van der Waals surface area (Å²) in [5.41, 5.74) is 0.652. The lowest BCUT2D eigenvalue weighted by Crippen LogP contribution is -2.35. The monoisotopic (exact) mass is 525 g/mol. The highest BCUT2D eigenvalue weighted by Gasteiger charge is 2.36. The molecule has 0 radical (unpaired) electrons. The van der Waals surface area contributed by atoms with Crippen molar-refractivity contribution in [3.63, 3.8) is 0 Å². The van der Waals surface area contributed by atoms with Crippen molar-refractivity contribution in [3.05, 3.63) is 30.6 Å². The van der Waals surface area contributed by atoms with Gasteiger partial charge in [0.05, 0.1) is 19.1 Å². The molecule has 2 rings (SSSR count). The fraction of sp³-hybridized carbons (Fsp3) is 0.267. The number of hydrogen-bond donors (Lipinski definition) is 1. The second kappa shape index (κ2) is 7.87. The third kappa shape index (κ3) is 4.51. The Labute approximate surface area is 164 Å². The van der Waals surface area contributed by atoms with Crippen LogP contribution >= 0.6 is 50.3 Å². The van der Waals surface area contributed by atoms with Gasteiger partial charge >= 0.3 is 5.97 Å². The van der Waals surface area contributed by atoms with E-state index >= 15 is 0 Å². The van der Waals surface area contributed by atoms with Crippen LogP contribution in [0.3, 0.4) is 0 Å². The summed E-state index contributed by atoms with van der Waals surface area (Å²) < 4.78 is 6.05. The summed E-state index contributed by atoms with van der Waals surface area (Å²) in [5.74, 6) is -1.06. The number of aromatic hydroxyl groups is 1. The van der Waals surface area contributed by atoms with Crippen LogP contribution < -0.4 is 0 Å². The molecule has 24 heavy (non-hydrogen) atoms. The summed E-state index contributed by atoms with van der Waals surface area (Å²) >= 11 is 5.95. The maximum Gasteiger partial charge on any atom is 0.326 e. The Morgan fingerprint density at radius 1 is 1.46 bits per heavy atom. The van der Waals surface area contributed by atoms with Gasteiger partial charge in [0.1, 0.15) is 12.3 Å². The van der Waals surface area contributed by atoms with E-state index in [1.165, 1.54) is 0 Å². The van der Waals surface area contributed by atoms with Gasteiger partial charge in [-0.15, -0.1) is 0 Å². The normalized spacial score (nSPS) is 16.4. The molecule has 0 unspecified atom stereocenters. The Morgan fingerprint density at radius 3 is 2.71 bits per heavy atom. The quantitative estimate of drug-likeness (QED) is 0.366. The molecule has 9 heteroatoms. The van der Waals surface area contributed by atoms with Gasteiger partial charge in [0, 0.05) is 0 Å². The molecule has 6 nitrogen and oxygen atoms in total. The molecule has 0 aromatic heterocycles. The molecular formula is C15H13BrINO5S. The number of phenolic OH excluding ortho intramolecular Hbond substituents is 1. The van der Waals surface area contributed by atoms with Gasteiger partial charge in [-0.2, -0.15) is 0 Å². The van der Waals surface area contributed by atoms with E-state index in [2.05, 4.69) is 15.9 Å². The SMILES string of the molecule is CC(C)OC(=O)CN1C(=O)S/C(=C/c2cc(Br)c(O)c(I)c2)C1=O. The van der Waals surface area contributed by atoms with E-state index in [1.807, 2.05) is 22.6 Å². The number of carbonyl (C=O) groups is 3. The predicted octanol–water partition coefficient (Wildman–Crippen LogP) is 3.75. The van der Waals surface area contributed by atoms with Crippen molar-refractivity contribution >= 4 is 73.5 Å². The summed E-state index contributed by atoms with van der Waals surface area (Å²) in [7, 11) is 0. The van der Waals surface area contributed by atoms with Gasteiger partial charge in [0.25, 0.3) is 11.1 Å². The van der Waals surface area contributed by atoms with E-state index in [0.29, 0.717) is 13.6 Å². The molecule has 1 aliphatic heterocycles. The van der Waals surface area contributed by atoms with Crippen molar-refractivity contribution in [2.45, 2.75) is 20.0 Å². The number of thioether (sulfide) groups is 1. The molecule has 1 N–H and O–H groups in total. The van der Waals surface area contributed by atoms with Crippen LogP contribution in [-0.2, 0) is 14.3 Å². The number of carbonyl (C=O) groups excluding carboxylic acids is 3. The molecular weight excluding hydrogens is 513 g/mol. The lowest BCUT2D eigenvalue weighted by Gasteiger charge is -2.13. The average molecular weight is 526 g/mol. The lowest BCUT2D eigenvalue weighted by molar-refractivity contribution is -0.149. The summed E-state index contributed by atoms with van der Waals surface area (Å²) in [4.78, 5) is 37.0. The number of amides is 2. The fourth-order valence-electron chi connectivity index (χ4n) is 1.89. The Morgan fingerprint density at radius 2 is 2.12 bits per heavy atom. The lowest BCUT2D eigenvalue weighted by atomic mass is 10.2. The van der Waals surface area contributed by atoms with E-state index in [-0.39, 0.29) is 16.8 Å². The van der Waals surface area contributed by atoms with E-state index in [1.54, 1.807) is 32.1 Å². The molecule has 1 aromatic rings. The zero-order valence-electron chi connectivity index (χ0n) is 12.7. The largest absolute Gasteiger partial charge is 0.506 e. The summed E-state index contributed by atoms with van der Waals surface area (Å²) in [6.07, 6.45) is 1.23. The first-order valence-corrected chi connectivity index (χ1v) is 9.50. The van der Waals surface area contributed by atoms with Crippen LogP contribution in [0.25, 0.3) is 6.08 Å². The molecule has 0 bridgehead atoms. The Bertz CT molecular complexity index is 726. The first kappa shape index (κ1) is 19.3. The second-order valence-corrected chi connectivity index (χ2v) is 8.15. The Balaban J connectivity index is 2.20. The highest BCUT2D eigenvalue weighted by Crippen LogP contribution is 2.35. The number of imide groups is 1. The maximum atomic E-state index is 12.3. The average Bonchev–Trinajstić information content (AvgIpc) is 2.71. The van der Waals surface area contributed by atoms with Crippen LogP contribution in [0.5, 0.6) is 5.75 Å². The Hall–Kier alpha value is -1.07. The molecule has 128 valence electrons. The number of benzene rings is 1. The molecule has 1 aromatic carbocycles. The van der Waals surface area contributed by atoms with Crippen LogP contribution in [0.1, 0.15) is 19.4 Å². The third-order valence-electron chi connectivity index (χ3n) is 2.86. The first-order chi connectivity index (χ1) is 11.2. The fourth-order valence-corrected chi connectivity index (χ4v) is 4.22. The van der Waals surface area contributed by atoms with Gasteiger partial charge < -0.3 is 9.84 Å². The van der Waals surface area contributed by atoms with Crippen LogP contribution in [0.15, 0.2) is 21.5 Å². The first-order valence-electron chi connectivity index (χ1n) is 6.82. The number of halogens is 2. The topological polar surface area (TPSA) is 83.9 Å². The third-order valence-corrected chi connectivity index (χ3v) is 5.20. The molecule has 0 atom stereocenters. The predicted molar refractivity (Wildman–Crippen MR) is 102 cm³/mol. The molecule has 0 aliphatic carbocycles. The number of hydrogen-bond acceptors (Lipinski definition) is 6. The zero-order valence-corrected chi connectivity index (χ0v) is 17.3. The molecule has 0 saturated carbocycles. The minimum absolute atomic E-state index is 0.109. The Kier molecular flexibility index (Phi) is 6.32. The van der Waals surface area contributed by atoms with E-state index < -0.39 is 23.7 Å². The van der Waals surface area contributed by atoms with E-state index in [9.17, 15) is 19.5 Å². The summed E-state index contributed by atoms with van der Waals surface area (Å²) in [5, 5.41) is 9.22. The van der Waals surface area contributed by atoms with Crippen molar-refractivity contribution < 1.29 is 24.2 Å². The number of nitrogens with zero attached hydrogens (tertiary/aromatic N) is 1. The van der Waals surface area contributed by atoms with Gasteiger partial charge in [-0.1, -0.05) is 0 Å². The van der Waals surface area contributed by atoms with Crippen LogP contribution in [0.4, 0.5) is 4.79 Å². The van der Waals surface area contributed by atoms with Crippen molar-refractivity contribution in [2.75, 3.05) is 6.54 Å². The number of esters is 1. The van der Waals surface area contributed by atoms with E-state index in [0.717, 1.165) is 16.7 Å². The summed E-state index contributed by atoms with van der Waals surface area (Å²) in [6.45, 7) is 2.98. The maximum absolute atomic E-state index is 12.3. The van der Waals surface area contributed by atoms with Crippen molar-refractivity contribution in [2.24, 2.45) is 0 Å². The van der Waals surface area contributed by atoms with E-state index in [4.69, 9.17) is 4.74 Å². The highest BCUT2D eigenvalue weighted by atomic mass is 127. The molecule has 1 heterocycles. The molecule has 2 amide bonds. The smallest absolute Gasteiger partial charge is 0.326 e. The summed E-state index contributed by atoms with van der Waals surface area (Å²) in [6, 6.07) is 3.32. The number of rotatable bonds is 4. The van der Waals surface area contributed by atoms with Gasteiger partial charge in [0.15, 0.2) is 0 Å². The van der Waals surface area contributed by atoms with Crippen LogP contribution in [0.2, 0.25) is 0 Å². The van der Waals surface area contributed by atoms with Crippen molar-refractivity contribution in [1.29, 1.82) is 0 Å². The second-order valence-electron chi connectivity index (χ2n) is 5.14. The standard InChI is InChI=1S/C15H13BrINO5S/c1-7(2)23-12(19)6-18-14(21)11(24-15(18)22)5-8-3-9(16)13(20)10(17)4-8/h3-5,7,20H,6H2,1-2H3/b11-5+. The minimum atomic E-state index is -0.629. The highest BCUT2D eigenvalue weighted by molar-refractivity contribution is 14.1. The van der Waals surface area contributed by atoms with Gasteiger partial charge in [-0.3, -0.25) is 19.3 Å². The van der Waals surface area contributed by atoms with Gasteiger partial charge in [-0.25, -0.2) is 0 Å². The molecule has 1 aliphatic rings. The zero-order chi connectivity index (χ0) is 18.0. The van der Waals surface area contributed by atoms with Crippen molar-refractivity contribution in [3.8, 4) is 5.75 Å². The molecule has 1 saturated heterocycles. The molecule has 1 fully saturated rings.